The van der Waals surface area contributed by atoms with Gasteiger partial charge in [-0.2, -0.15) is 0 Å². The lowest BCUT2D eigenvalue weighted by Gasteiger charge is -2.29. The standard InChI is InChI=1S/C18H24N2O3S2/c1-23-16-4-6-18(7-5-16)25(21,22)19-13-15-8-10-20(11-9-15)14-17-3-2-12-24-17/h2-7,12,15,19H,8-11,13-14H2,1H3/p+1. The zero-order valence-electron chi connectivity index (χ0n) is 14.4. The second-order valence-corrected chi connectivity index (χ2v) is 9.28. The van der Waals surface area contributed by atoms with Gasteiger partial charge in [-0.25, -0.2) is 13.1 Å². The third kappa shape index (κ3) is 5.04. The van der Waals surface area contributed by atoms with E-state index in [9.17, 15) is 8.42 Å². The highest BCUT2D eigenvalue weighted by Gasteiger charge is 2.24. The summed E-state index contributed by atoms with van der Waals surface area (Å²) in [5, 5.41) is 2.12. The molecule has 1 aromatic heterocycles. The number of thiophene rings is 1. The average molecular weight is 382 g/mol. The molecule has 7 heteroatoms. The summed E-state index contributed by atoms with van der Waals surface area (Å²) in [6.07, 6.45) is 2.12. The predicted molar refractivity (Wildman–Crippen MR) is 99.6 cm³/mol. The van der Waals surface area contributed by atoms with E-state index >= 15 is 0 Å². The lowest BCUT2D eigenvalue weighted by atomic mass is 9.97. The molecule has 1 fully saturated rings. The molecule has 5 nitrogen and oxygen atoms in total. The fourth-order valence-corrected chi connectivity index (χ4v) is 5.08. The summed E-state index contributed by atoms with van der Waals surface area (Å²) in [6.45, 7) is 3.81. The Labute approximate surface area is 153 Å². The number of sulfonamides is 1. The molecule has 25 heavy (non-hydrogen) atoms. The molecule has 0 aliphatic carbocycles. The van der Waals surface area contributed by atoms with Crippen LogP contribution in [-0.2, 0) is 16.6 Å². The highest BCUT2D eigenvalue weighted by Crippen LogP contribution is 2.16. The quantitative estimate of drug-likeness (QED) is 0.765. The first kappa shape index (κ1) is 18.4. The molecule has 1 aliphatic rings. The van der Waals surface area contributed by atoms with Gasteiger partial charge in [0.2, 0.25) is 10.0 Å². The Balaban J connectivity index is 1.47. The molecule has 2 heterocycles. The molecule has 1 aliphatic heterocycles. The van der Waals surface area contributed by atoms with Gasteiger partial charge in [-0.1, -0.05) is 6.07 Å². The number of methoxy groups -OCH3 is 1. The van der Waals surface area contributed by atoms with Crippen molar-refractivity contribution in [2.24, 2.45) is 5.92 Å². The minimum Gasteiger partial charge on any atom is -0.497 e. The summed E-state index contributed by atoms with van der Waals surface area (Å²) >= 11 is 1.81. The van der Waals surface area contributed by atoms with Crippen molar-refractivity contribution in [3.63, 3.8) is 0 Å². The van der Waals surface area contributed by atoms with Crippen molar-refractivity contribution in [2.75, 3.05) is 26.7 Å². The SMILES string of the molecule is COc1ccc(S(=O)(=O)NCC2CC[NH+](Cc3cccs3)CC2)cc1. The van der Waals surface area contributed by atoms with Gasteiger partial charge < -0.3 is 9.64 Å². The lowest BCUT2D eigenvalue weighted by molar-refractivity contribution is -0.919. The van der Waals surface area contributed by atoms with Crippen LogP contribution in [0, 0.1) is 5.92 Å². The van der Waals surface area contributed by atoms with E-state index in [1.807, 2.05) is 11.3 Å². The van der Waals surface area contributed by atoms with Crippen molar-refractivity contribution in [1.82, 2.24) is 4.72 Å². The average Bonchev–Trinajstić information content (AvgIpc) is 3.14. The van der Waals surface area contributed by atoms with E-state index in [0.29, 0.717) is 18.2 Å². The van der Waals surface area contributed by atoms with Gasteiger partial charge in [0.05, 0.1) is 30.0 Å². The Morgan fingerprint density at radius 1 is 1.20 bits per heavy atom. The fraction of sp³-hybridized carbons (Fsp3) is 0.444. The Morgan fingerprint density at radius 3 is 2.52 bits per heavy atom. The summed E-state index contributed by atoms with van der Waals surface area (Å²) in [6, 6.07) is 10.8. The van der Waals surface area contributed by atoms with Gasteiger partial charge in [0, 0.05) is 19.4 Å². The van der Waals surface area contributed by atoms with E-state index in [1.54, 1.807) is 36.3 Å². The van der Waals surface area contributed by atoms with Gasteiger partial charge in [-0.05, 0) is 41.6 Å². The maximum atomic E-state index is 12.4. The van der Waals surface area contributed by atoms with Crippen LogP contribution < -0.4 is 14.4 Å². The smallest absolute Gasteiger partial charge is 0.240 e. The Bertz CT molecular complexity index is 750. The van der Waals surface area contributed by atoms with Gasteiger partial charge in [-0.3, -0.25) is 0 Å². The van der Waals surface area contributed by atoms with E-state index < -0.39 is 10.0 Å². The molecule has 0 unspecified atom stereocenters. The Morgan fingerprint density at radius 2 is 1.92 bits per heavy atom. The number of ether oxygens (including phenoxy) is 1. The zero-order valence-corrected chi connectivity index (χ0v) is 16.0. The van der Waals surface area contributed by atoms with Crippen LogP contribution in [0.4, 0.5) is 0 Å². The molecular formula is C18H25N2O3S2+. The molecule has 0 atom stereocenters. The van der Waals surface area contributed by atoms with Crippen molar-refractivity contribution in [3.8, 4) is 5.75 Å². The molecule has 2 N–H and O–H groups in total. The van der Waals surface area contributed by atoms with E-state index in [4.69, 9.17) is 4.74 Å². The van der Waals surface area contributed by atoms with E-state index in [-0.39, 0.29) is 4.90 Å². The number of likely N-dealkylation sites (tertiary alicyclic amines) is 1. The van der Waals surface area contributed by atoms with Gasteiger partial charge in [0.1, 0.15) is 12.3 Å². The van der Waals surface area contributed by atoms with Crippen molar-refractivity contribution in [3.05, 3.63) is 46.7 Å². The first-order valence-electron chi connectivity index (χ1n) is 8.56. The number of rotatable bonds is 7. The minimum absolute atomic E-state index is 0.286. The molecule has 1 saturated heterocycles. The van der Waals surface area contributed by atoms with Crippen LogP contribution in [0.25, 0.3) is 0 Å². The zero-order chi connectivity index (χ0) is 17.7. The first-order valence-corrected chi connectivity index (χ1v) is 10.9. The van der Waals surface area contributed by atoms with E-state index in [0.717, 1.165) is 32.5 Å². The molecular weight excluding hydrogens is 356 g/mol. The topological polar surface area (TPSA) is 59.8 Å². The highest BCUT2D eigenvalue weighted by atomic mass is 32.2. The summed E-state index contributed by atoms with van der Waals surface area (Å²) in [7, 11) is -1.89. The molecule has 1 aromatic carbocycles. The molecule has 0 amide bonds. The van der Waals surface area contributed by atoms with Crippen molar-refractivity contribution >= 4 is 21.4 Å². The Kier molecular flexibility index (Phi) is 6.11. The third-order valence-electron chi connectivity index (χ3n) is 4.75. The fourth-order valence-electron chi connectivity index (χ4n) is 3.19. The first-order chi connectivity index (χ1) is 12.1. The minimum atomic E-state index is -3.45. The number of hydrogen-bond acceptors (Lipinski definition) is 4. The number of nitrogens with one attached hydrogen (secondary N) is 2. The van der Waals surface area contributed by atoms with Gasteiger partial charge in [0.15, 0.2) is 0 Å². The molecule has 2 aromatic rings. The molecule has 0 bridgehead atoms. The highest BCUT2D eigenvalue weighted by molar-refractivity contribution is 7.89. The van der Waals surface area contributed by atoms with Crippen molar-refractivity contribution in [1.29, 1.82) is 0 Å². The third-order valence-corrected chi connectivity index (χ3v) is 7.06. The van der Waals surface area contributed by atoms with E-state index in [1.165, 1.54) is 4.88 Å². The summed E-state index contributed by atoms with van der Waals surface area (Å²) in [5.74, 6) is 1.07. The number of hydrogen-bond donors (Lipinski definition) is 2. The summed E-state index contributed by atoms with van der Waals surface area (Å²) in [4.78, 5) is 3.31. The number of quaternary nitrogens is 1. The second kappa shape index (κ2) is 8.31. The monoisotopic (exact) mass is 381 g/mol. The largest absolute Gasteiger partial charge is 0.497 e. The van der Waals surface area contributed by atoms with Gasteiger partial charge in [0.25, 0.3) is 0 Å². The van der Waals surface area contributed by atoms with Crippen LogP contribution in [-0.4, -0.2) is 35.2 Å². The van der Waals surface area contributed by atoms with Crippen LogP contribution in [0.15, 0.2) is 46.7 Å². The summed E-state index contributed by atoms with van der Waals surface area (Å²) in [5.41, 5.74) is 0. The van der Waals surface area contributed by atoms with Gasteiger partial charge in [-0.15, -0.1) is 11.3 Å². The van der Waals surface area contributed by atoms with Crippen LogP contribution >= 0.6 is 11.3 Å². The van der Waals surface area contributed by atoms with Crippen LogP contribution in [0.2, 0.25) is 0 Å². The van der Waals surface area contributed by atoms with Gasteiger partial charge >= 0.3 is 0 Å². The number of piperidine rings is 1. The normalized spacial score (nSPS) is 21.2. The predicted octanol–water partition coefficient (Wildman–Crippen LogP) is 1.53. The molecule has 136 valence electrons. The number of benzene rings is 1. The molecule has 0 radical (unpaired) electrons. The molecule has 0 spiro atoms. The van der Waals surface area contributed by atoms with E-state index in [2.05, 4.69) is 22.2 Å². The van der Waals surface area contributed by atoms with Crippen LogP contribution in [0.5, 0.6) is 5.75 Å². The molecule has 3 rings (SSSR count). The lowest BCUT2D eigenvalue weighted by Crippen LogP contribution is -3.11. The summed E-state index contributed by atoms with van der Waals surface area (Å²) < 4.78 is 32.6. The van der Waals surface area contributed by atoms with Crippen molar-refractivity contribution < 1.29 is 18.1 Å². The second-order valence-electron chi connectivity index (χ2n) is 6.48. The maximum Gasteiger partial charge on any atom is 0.240 e. The molecule has 0 saturated carbocycles. The van der Waals surface area contributed by atoms with Crippen LogP contribution in [0.1, 0.15) is 17.7 Å². The van der Waals surface area contributed by atoms with Crippen LogP contribution in [0.3, 0.4) is 0 Å². The maximum absolute atomic E-state index is 12.4. The van der Waals surface area contributed by atoms with Crippen molar-refractivity contribution in [2.45, 2.75) is 24.3 Å². The Hall–Kier alpha value is -1.41.